The van der Waals surface area contributed by atoms with Crippen LogP contribution in [0.3, 0.4) is 0 Å². The number of unbranched alkanes of at least 4 members (excludes halogenated alkanes) is 2. The van der Waals surface area contributed by atoms with Crippen molar-refractivity contribution in [2.45, 2.75) is 64.2 Å². The van der Waals surface area contributed by atoms with Crippen molar-refractivity contribution in [1.82, 2.24) is 0 Å². The third-order valence-corrected chi connectivity index (χ3v) is 4.29. The lowest BCUT2D eigenvalue weighted by Gasteiger charge is -2.20. The van der Waals surface area contributed by atoms with Crippen molar-refractivity contribution >= 4 is 10.1 Å². The maximum absolute atomic E-state index is 10.7. The first kappa shape index (κ1) is 16.7. The number of hydrogen-bond acceptors (Lipinski definition) is 3. The van der Waals surface area contributed by atoms with Gasteiger partial charge in [-0.15, -0.1) is 0 Å². The maximum atomic E-state index is 10.7. The quantitative estimate of drug-likeness (QED) is 0.365. The molecule has 1 fully saturated rings. The fraction of sp³-hybridized carbons (Fsp3) is 0.867. The van der Waals surface area contributed by atoms with Crippen LogP contribution in [0.1, 0.15) is 64.2 Å². The second-order valence-electron chi connectivity index (χ2n) is 5.57. The normalized spacial score (nSPS) is 18.2. The molecule has 0 aromatic carbocycles. The molecule has 0 unspecified atom stereocenters. The maximum Gasteiger partial charge on any atom is 0.264 e. The Labute approximate surface area is 118 Å². The van der Waals surface area contributed by atoms with Crippen LogP contribution in [0.15, 0.2) is 12.2 Å². The molecule has 1 saturated carbocycles. The third-order valence-electron chi connectivity index (χ3n) is 3.70. The van der Waals surface area contributed by atoms with E-state index in [-0.39, 0.29) is 0 Å². The summed E-state index contributed by atoms with van der Waals surface area (Å²) in [6.07, 6.45) is 18.1. The molecule has 0 aromatic heterocycles. The topological polar surface area (TPSA) is 43.4 Å². The van der Waals surface area contributed by atoms with Crippen LogP contribution in [0.25, 0.3) is 0 Å². The first-order chi connectivity index (χ1) is 9.08. The average Bonchev–Trinajstić information content (AvgIpc) is 2.37. The SMILES string of the molecule is CS(=O)(=O)OCCCC/C=C\CCC1CCCCC1. The second-order valence-corrected chi connectivity index (χ2v) is 7.22. The van der Waals surface area contributed by atoms with Crippen molar-refractivity contribution in [2.24, 2.45) is 5.92 Å². The minimum atomic E-state index is -3.26. The summed E-state index contributed by atoms with van der Waals surface area (Å²) in [5.74, 6) is 0.960. The summed E-state index contributed by atoms with van der Waals surface area (Å²) >= 11 is 0. The van der Waals surface area contributed by atoms with E-state index in [1.807, 2.05) is 0 Å². The van der Waals surface area contributed by atoms with E-state index in [4.69, 9.17) is 0 Å². The summed E-state index contributed by atoms with van der Waals surface area (Å²) in [4.78, 5) is 0. The van der Waals surface area contributed by atoms with Gasteiger partial charge in [-0.25, -0.2) is 0 Å². The molecule has 0 atom stereocenters. The molecule has 1 rings (SSSR count). The summed E-state index contributed by atoms with van der Waals surface area (Å²) in [5, 5.41) is 0. The van der Waals surface area contributed by atoms with Crippen LogP contribution in [-0.2, 0) is 14.3 Å². The molecule has 19 heavy (non-hydrogen) atoms. The molecule has 0 saturated heterocycles. The monoisotopic (exact) mass is 288 g/mol. The van der Waals surface area contributed by atoms with Gasteiger partial charge in [0.15, 0.2) is 0 Å². The Morgan fingerprint density at radius 2 is 1.74 bits per heavy atom. The Morgan fingerprint density at radius 3 is 2.42 bits per heavy atom. The molecule has 0 N–H and O–H groups in total. The Hall–Kier alpha value is -0.350. The van der Waals surface area contributed by atoms with Crippen LogP contribution >= 0.6 is 0 Å². The highest BCUT2D eigenvalue weighted by Gasteiger charge is 2.11. The van der Waals surface area contributed by atoms with Gasteiger partial charge >= 0.3 is 0 Å². The number of hydrogen-bond donors (Lipinski definition) is 0. The van der Waals surface area contributed by atoms with E-state index in [9.17, 15) is 8.42 Å². The molecule has 0 heterocycles. The summed E-state index contributed by atoms with van der Waals surface area (Å²) in [6, 6.07) is 0. The molecule has 1 aliphatic rings. The Bertz CT molecular complexity index is 340. The van der Waals surface area contributed by atoms with Gasteiger partial charge in [0.25, 0.3) is 10.1 Å². The Kier molecular flexibility index (Phi) is 8.38. The van der Waals surface area contributed by atoms with E-state index in [1.54, 1.807) is 0 Å². The van der Waals surface area contributed by atoms with Gasteiger partial charge in [0.05, 0.1) is 12.9 Å². The average molecular weight is 288 g/mol. The fourth-order valence-electron chi connectivity index (χ4n) is 2.62. The van der Waals surface area contributed by atoms with Gasteiger partial charge in [0, 0.05) is 0 Å². The molecule has 3 nitrogen and oxygen atoms in total. The lowest BCUT2D eigenvalue weighted by atomic mass is 9.86. The lowest BCUT2D eigenvalue weighted by Crippen LogP contribution is -2.05. The molecule has 0 aliphatic heterocycles. The van der Waals surface area contributed by atoms with Gasteiger partial charge < -0.3 is 0 Å². The van der Waals surface area contributed by atoms with Crippen molar-refractivity contribution in [3.05, 3.63) is 12.2 Å². The van der Waals surface area contributed by atoms with Crippen molar-refractivity contribution in [2.75, 3.05) is 12.9 Å². The standard InChI is InChI=1S/C15H28O3S/c1-19(16,17)18-14-10-5-3-2-4-7-11-15-12-8-6-9-13-15/h2,4,15H,3,5-14H2,1H3/b4-2-. The summed E-state index contributed by atoms with van der Waals surface area (Å²) in [7, 11) is -3.26. The van der Waals surface area contributed by atoms with Gasteiger partial charge in [0.1, 0.15) is 0 Å². The Morgan fingerprint density at radius 1 is 1.05 bits per heavy atom. The predicted octanol–water partition coefficient (Wildman–Crippen LogP) is 4.05. The van der Waals surface area contributed by atoms with E-state index >= 15 is 0 Å². The van der Waals surface area contributed by atoms with Crippen LogP contribution in [0, 0.1) is 5.92 Å². The van der Waals surface area contributed by atoms with Gasteiger partial charge in [-0.3, -0.25) is 4.18 Å². The molecular weight excluding hydrogens is 260 g/mol. The molecule has 112 valence electrons. The number of allylic oxidation sites excluding steroid dienone is 2. The zero-order valence-electron chi connectivity index (χ0n) is 12.1. The highest BCUT2D eigenvalue weighted by Crippen LogP contribution is 2.27. The summed E-state index contributed by atoms with van der Waals surface area (Å²) in [5.41, 5.74) is 0. The summed E-state index contributed by atoms with van der Waals surface area (Å²) in [6.45, 7) is 0.314. The van der Waals surface area contributed by atoms with E-state index in [0.717, 1.165) is 31.4 Å². The number of rotatable bonds is 9. The minimum Gasteiger partial charge on any atom is -0.270 e. The minimum absolute atomic E-state index is 0.314. The van der Waals surface area contributed by atoms with Gasteiger partial charge in [-0.1, -0.05) is 44.3 Å². The van der Waals surface area contributed by atoms with Crippen molar-refractivity contribution in [3.63, 3.8) is 0 Å². The highest BCUT2D eigenvalue weighted by molar-refractivity contribution is 7.85. The van der Waals surface area contributed by atoms with Crippen LogP contribution in [0.5, 0.6) is 0 Å². The second kappa shape index (κ2) is 9.54. The van der Waals surface area contributed by atoms with E-state index in [2.05, 4.69) is 16.3 Å². The van der Waals surface area contributed by atoms with Crippen LogP contribution < -0.4 is 0 Å². The van der Waals surface area contributed by atoms with Crippen LogP contribution in [0.4, 0.5) is 0 Å². The molecule has 0 radical (unpaired) electrons. The fourth-order valence-corrected chi connectivity index (χ4v) is 3.04. The van der Waals surface area contributed by atoms with Gasteiger partial charge in [0.2, 0.25) is 0 Å². The van der Waals surface area contributed by atoms with Crippen molar-refractivity contribution in [1.29, 1.82) is 0 Å². The van der Waals surface area contributed by atoms with E-state index < -0.39 is 10.1 Å². The van der Waals surface area contributed by atoms with Crippen LogP contribution in [0.2, 0.25) is 0 Å². The van der Waals surface area contributed by atoms with E-state index in [0.29, 0.717) is 6.61 Å². The zero-order valence-corrected chi connectivity index (χ0v) is 13.0. The third kappa shape index (κ3) is 10.1. The van der Waals surface area contributed by atoms with Crippen molar-refractivity contribution in [3.8, 4) is 0 Å². The highest BCUT2D eigenvalue weighted by atomic mass is 32.2. The molecule has 0 bridgehead atoms. The first-order valence-corrected chi connectivity index (χ1v) is 9.39. The molecule has 0 spiro atoms. The zero-order chi connectivity index (χ0) is 14.0. The molecule has 0 aromatic rings. The largest absolute Gasteiger partial charge is 0.270 e. The van der Waals surface area contributed by atoms with E-state index in [1.165, 1.54) is 44.9 Å². The lowest BCUT2D eigenvalue weighted by molar-refractivity contribution is 0.312. The molecular formula is C15H28O3S. The Balaban J connectivity index is 1.90. The van der Waals surface area contributed by atoms with Gasteiger partial charge in [-0.05, 0) is 38.0 Å². The molecule has 0 amide bonds. The first-order valence-electron chi connectivity index (χ1n) is 7.57. The van der Waals surface area contributed by atoms with Crippen molar-refractivity contribution < 1.29 is 12.6 Å². The predicted molar refractivity (Wildman–Crippen MR) is 79.6 cm³/mol. The van der Waals surface area contributed by atoms with Crippen LogP contribution in [-0.4, -0.2) is 21.3 Å². The smallest absolute Gasteiger partial charge is 0.264 e. The molecule has 4 heteroatoms. The molecule has 1 aliphatic carbocycles. The summed E-state index contributed by atoms with van der Waals surface area (Å²) < 4.78 is 26.1. The van der Waals surface area contributed by atoms with Gasteiger partial charge in [-0.2, -0.15) is 8.42 Å².